The molecule has 2 rings (SSSR count). The van der Waals surface area contributed by atoms with Gasteiger partial charge >= 0.3 is 0 Å². The molecular formula is C17H25N. The standard InChI is InChI=1S/C17H25N/c1-3-15-9-11-17(12-10-15)14(2)18-13-16-7-5-4-6-8-16/h4-5,9-12,14,16,18H,3,6-8,13H2,1-2H3. The van der Waals surface area contributed by atoms with Crippen molar-refractivity contribution in [3.05, 3.63) is 47.5 Å². The van der Waals surface area contributed by atoms with Crippen molar-refractivity contribution in [2.45, 2.75) is 45.6 Å². The summed E-state index contributed by atoms with van der Waals surface area (Å²) in [5.41, 5.74) is 2.82. The highest BCUT2D eigenvalue weighted by Crippen LogP contribution is 2.19. The molecule has 98 valence electrons. The molecule has 1 aromatic carbocycles. The third-order valence-electron chi connectivity index (χ3n) is 3.98. The molecule has 0 amide bonds. The van der Waals surface area contributed by atoms with E-state index < -0.39 is 0 Å². The van der Waals surface area contributed by atoms with Crippen LogP contribution in [0.1, 0.15) is 50.3 Å². The molecule has 2 unspecified atom stereocenters. The van der Waals surface area contributed by atoms with Crippen molar-refractivity contribution in [3.8, 4) is 0 Å². The first kappa shape index (κ1) is 13.4. The molecule has 1 nitrogen and oxygen atoms in total. The minimum Gasteiger partial charge on any atom is -0.310 e. The van der Waals surface area contributed by atoms with Gasteiger partial charge in [-0.2, -0.15) is 0 Å². The van der Waals surface area contributed by atoms with Crippen LogP contribution in [-0.4, -0.2) is 6.54 Å². The van der Waals surface area contributed by atoms with Gasteiger partial charge in [-0.25, -0.2) is 0 Å². The molecule has 0 aliphatic heterocycles. The second kappa shape index (κ2) is 6.75. The van der Waals surface area contributed by atoms with Gasteiger partial charge in [0.1, 0.15) is 0 Å². The number of rotatable bonds is 5. The average Bonchev–Trinajstić information content (AvgIpc) is 2.46. The summed E-state index contributed by atoms with van der Waals surface area (Å²) in [6, 6.07) is 9.48. The lowest BCUT2D eigenvalue weighted by Gasteiger charge is -2.21. The average molecular weight is 243 g/mol. The second-order valence-corrected chi connectivity index (χ2v) is 5.38. The SMILES string of the molecule is CCc1ccc(C(C)NCC2CC=CCC2)cc1. The lowest BCUT2D eigenvalue weighted by Crippen LogP contribution is -2.26. The molecule has 2 atom stereocenters. The summed E-state index contributed by atoms with van der Waals surface area (Å²) in [4.78, 5) is 0. The van der Waals surface area contributed by atoms with E-state index in [9.17, 15) is 0 Å². The Balaban J connectivity index is 1.82. The van der Waals surface area contributed by atoms with Crippen LogP contribution in [0.25, 0.3) is 0 Å². The molecule has 0 saturated heterocycles. The molecule has 1 heteroatoms. The molecule has 0 aromatic heterocycles. The number of allylic oxidation sites excluding steroid dienone is 2. The molecule has 0 heterocycles. The highest BCUT2D eigenvalue weighted by Gasteiger charge is 2.11. The highest BCUT2D eigenvalue weighted by molar-refractivity contribution is 5.24. The summed E-state index contributed by atoms with van der Waals surface area (Å²) >= 11 is 0. The Morgan fingerprint density at radius 1 is 1.22 bits per heavy atom. The molecule has 0 spiro atoms. The van der Waals surface area contributed by atoms with E-state index in [0.717, 1.165) is 18.9 Å². The first-order valence-corrected chi connectivity index (χ1v) is 7.26. The molecule has 1 N–H and O–H groups in total. The Morgan fingerprint density at radius 3 is 2.61 bits per heavy atom. The fourth-order valence-corrected chi connectivity index (χ4v) is 2.55. The Labute approximate surface area is 111 Å². The van der Waals surface area contributed by atoms with Crippen molar-refractivity contribution in [3.63, 3.8) is 0 Å². The monoisotopic (exact) mass is 243 g/mol. The van der Waals surface area contributed by atoms with Crippen LogP contribution in [0.2, 0.25) is 0 Å². The molecule has 1 aromatic rings. The maximum atomic E-state index is 3.67. The number of aryl methyl sites for hydroxylation is 1. The maximum absolute atomic E-state index is 3.67. The lowest BCUT2D eigenvalue weighted by atomic mass is 9.94. The molecule has 0 fully saturated rings. The van der Waals surface area contributed by atoms with Gasteiger partial charge in [0, 0.05) is 6.04 Å². The van der Waals surface area contributed by atoms with Crippen molar-refractivity contribution in [2.75, 3.05) is 6.54 Å². The van der Waals surface area contributed by atoms with Crippen LogP contribution in [0.3, 0.4) is 0 Å². The summed E-state index contributed by atoms with van der Waals surface area (Å²) < 4.78 is 0. The predicted molar refractivity (Wildman–Crippen MR) is 78.7 cm³/mol. The maximum Gasteiger partial charge on any atom is 0.0291 e. The molecule has 1 aliphatic rings. The van der Waals surface area contributed by atoms with Gasteiger partial charge in [0.05, 0.1) is 0 Å². The summed E-state index contributed by atoms with van der Waals surface area (Å²) in [5, 5.41) is 3.67. The molecule has 0 radical (unpaired) electrons. The van der Waals surface area contributed by atoms with E-state index in [2.05, 4.69) is 55.6 Å². The normalized spacial score (nSPS) is 20.9. The van der Waals surface area contributed by atoms with Crippen LogP contribution in [0.4, 0.5) is 0 Å². The van der Waals surface area contributed by atoms with E-state index >= 15 is 0 Å². The van der Waals surface area contributed by atoms with Gasteiger partial charge in [-0.15, -0.1) is 0 Å². The van der Waals surface area contributed by atoms with Gasteiger partial charge in [-0.3, -0.25) is 0 Å². The van der Waals surface area contributed by atoms with E-state index in [-0.39, 0.29) is 0 Å². The van der Waals surface area contributed by atoms with Crippen molar-refractivity contribution >= 4 is 0 Å². The molecule has 0 bridgehead atoms. The minimum atomic E-state index is 0.460. The zero-order chi connectivity index (χ0) is 12.8. The van der Waals surface area contributed by atoms with Gasteiger partial charge in [-0.1, -0.05) is 43.3 Å². The van der Waals surface area contributed by atoms with Crippen LogP contribution < -0.4 is 5.32 Å². The van der Waals surface area contributed by atoms with Crippen LogP contribution in [-0.2, 0) is 6.42 Å². The molecule has 0 saturated carbocycles. The summed E-state index contributed by atoms with van der Waals surface area (Å²) in [7, 11) is 0. The smallest absolute Gasteiger partial charge is 0.0291 e. The van der Waals surface area contributed by atoms with Crippen LogP contribution >= 0.6 is 0 Å². The van der Waals surface area contributed by atoms with Crippen molar-refractivity contribution < 1.29 is 0 Å². The summed E-state index contributed by atoms with van der Waals surface area (Å²) in [6.45, 7) is 5.61. The van der Waals surface area contributed by atoms with Crippen molar-refractivity contribution in [2.24, 2.45) is 5.92 Å². The number of hydrogen-bond donors (Lipinski definition) is 1. The van der Waals surface area contributed by atoms with Gasteiger partial charge in [0.25, 0.3) is 0 Å². The number of benzene rings is 1. The van der Waals surface area contributed by atoms with Crippen molar-refractivity contribution in [1.29, 1.82) is 0 Å². The largest absolute Gasteiger partial charge is 0.310 e. The fourth-order valence-electron chi connectivity index (χ4n) is 2.55. The van der Waals surface area contributed by atoms with Gasteiger partial charge in [-0.05, 0) is 56.2 Å². The van der Waals surface area contributed by atoms with E-state index in [4.69, 9.17) is 0 Å². The zero-order valence-corrected chi connectivity index (χ0v) is 11.7. The third kappa shape index (κ3) is 3.71. The summed E-state index contributed by atoms with van der Waals surface area (Å²) in [5.74, 6) is 0.826. The predicted octanol–water partition coefficient (Wildman–Crippen LogP) is 4.26. The Bertz CT molecular complexity index is 377. The highest BCUT2D eigenvalue weighted by atomic mass is 14.9. The minimum absolute atomic E-state index is 0.460. The fraction of sp³-hybridized carbons (Fsp3) is 0.529. The number of hydrogen-bond acceptors (Lipinski definition) is 1. The van der Waals surface area contributed by atoms with E-state index in [0.29, 0.717) is 6.04 Å². The Hall–Kier alpha value is -1.08. The van der Waals surface area contributed by atoms with E-state index in [1.54, 1.807) is 0 Å². The quantitative estimate of drug-likeness (QED) is 0.762. The van der Waals surface area contributed by atoms with E-state index in [1.807, 2.05) is 0 Å². The zero-order valence-electron chi connectivity index (χ0n) is 11.7. The lowest BCUT2D eigenvalue weighted by molar-refractivity contribution is 0.415. The van der Waals surface area contributed by atoms with Gasteiger partial charge in [0.2, 0.25) is 0 Å². The molecule has 18 heavy (non-hydrogen) atoms. The van der Waals surface area contributed by atoms with Crippen molar-refractivity contribution in [1.82, 2.24) is 5.32 Å². The molecule has 1 aliphatic carbocycles. The topological polar surface area (TPSA) is 12.0 Å². The first-order chi connectivity index (χ1) is 8.79. The summed E-state index contributed by atoms with van der Waals surface area (Å²) in [6.07, 6.45) is 9.60. The Kier molecular flexibility index (Phi) is 5.00. The van der Waals surface area contributed by atoms with Crippen LogP contribution in [0, 0.1) is 5.92 Å². The van der Waals surface area contributed by atoms with Gasteiger partial charge in [0.15, 0.2) is 0 Å². The third-order valence-corrected chi connectivity index (χ3v) is 3.98. The van der Waals surface area contributed by atoms with Gasteiger partial charge < -0.3 is 5.32 Å². The van der Waals surface area contributed by atoms with E-state index in [1.165, 1.54) is 30.4 Å². The second-order valence-electron chi connectivity index (χ2n) is 5.38. The van der Waals surface area contributed by atoms with Crippen LogP contribution in [0.15, 0.2) is 36.4 Å². The number of nitrogens with one attached hydrogen (secondary N) is 1. The van der Waals surface area contributed by atoms with Crippen LogP contribution in [0.5, 0.6) is 0 Å². The Morgan fingerprint density at radius 2 is 2.00 bits per heavy atom. The first-order valence-electron chi connectivity index (χ1n) is 7.26. The molecular weight excluding hydrogens is 218 g/mol.